The lowest BCUT2D eigenvalue weighted by Crippen LogP contribution is -1.83. The molecule has 0 aliphatic rings. The van der Waals surface area contributed by atoms with Crippen molar-refractivity contribution in [3.63, 3.8) is 0 Å². The third-order valence-corrected chi connectivity index (χ3v) is 2.16. The van der Waals surface area contributed by atoms with Crippen LogP contribution in [0.5, 0.6) is 0 Å². The molecule has 0 saturated carbocycles. The Balaban J connectivity index is 2.32. The normalized spacial score (nSPS) is 9.29. The first-order valence-electron chi connectivity index (χ1n) is 5.34. The molecule has 0 atom stereocenters. The Kier molecular flexibility index (Phi) is 4.86. The van der Waals surface area contributed by atoms with Crippen LogP contribution in [0.2, 0.25) is 0 Å². The topological polar surface area (TPSA) is 0 Å². The maximum atomic E-state index is 3.20. The molecular formula is C14H18. The van der Waals surface area contributed by atoms with E-state index in [1.54, 1.807) is 0 Å². The fourth-order valence-electron chi connectivity index (χ4n) is 1.26. The number of hydrogen-bond acceptors (Lipinski definition) is 0. The Hall–Kier alpha value is -1.22. The highest BCUT2D eigenvalue weighted by Gasteiger charge is 1.89. The average Bonchev–Trinajstić information content (AvgIpc) is 2.21. The summed E-state index contributed by atoms with van der Waals surface area (Å²) >= 11 is 0. The van der Waals surface area contributed by atoms with Crippen molar-refractivity contribution < 1.29 is 0 Å². The van der Waals surface area contributed by atoms with Crippen LogP contribution in [0.1, 0.15) is 37.3 Å². The van der Waals surface area contributed by atoms with Crippen molar-refractivity contribution in [3.8, 4) is 11.8 Å². The van der Waals surface area contributed by atoms with Crippen LogP contribution in [0.15, 0.2) is 24.3 Å². The number of hydrogen-bond donors (Lipinski definition) is 0. The van der Waals surface area contributed by atoms with E-state index < -0.39 is 0 Å². The Bertz CT molecular complexity index is 308. The summed E-state index contributed by atoms with van der Waals surface area (Å²) < 4.78 is 0. The van der Waals surface area contributed by atoms with Gasteiger partial charge in [0.25, 0.3) is 0 Å². The van der Waals surface area contributed by atoms with Crippen LogP contribution in [0.3, 0.4) is 0 Å². The van der Waals surface area contributed by atoms with Gasteiger partial charge in [-0.05, 0) is 25.3 Å². The average molecular weight is 186 g/mol. The first-order valence-corrected chi connectivity index (χ1v) is 5.34. The van der Waals surface area contributed by atoms with Gasteiger partial charge in [-0.2, -0.15) is 0 Å². The van der Waals surface area contributed by atoms with Crippen LogP contribution in [0.25, 0.3) is 0 Å². The van der Waals surface area contributed by atoms with Gasteiger partial charge in [-0.3, -0.25) is 0 Å². The molecule has 0 radical (unpaired) electrons. The molecule has 0 heterocycles. The summed E-state index contributed by atoms with van der Waals surface area (Å²) in [7, 11) is 0. The Labute approximate surface area is 87.4 Å². The highest BCUT2D eigenvalue weighted by molar-refractivity contribution is 5.22. The van der Waals surface area contributed by atoms with Crippen molar-refractivity contribution >= 4 is 0 Å². The largest absolute Gasteiger partial charge is 0.103 e. The molecule has 74 valence electrons. The second-order valence-electron chi connectivity index (χ2n) is 3.59. The zero-order chi connectivity index (χ0) is 10.2. The lowest BCUT2D eigenvalue weighted by Gasteiger charge is -1.97. The van der Waals surface area contributed by atoms with Crippen molar-refractivity contribution in [1.29, 1.82) is 0 Å². The van der Waals surface area contributed by atoms with Crippen molar-refractivity contribution in [2.45, 2.75) is 39.5 Å². The van der Waals surface area contributed by atoms with Gasteiger partial charge >= 0.3 is 0 Å². The first-order chi connectivity index (χ1) is 6.83. The van der Waals surface area contributed by atoms with E-state index in [1.165, 1.54) is 11.1 Å². The molecule has 0 unspecified atom stereocenters. The van der Waals surface area contributed by atoms with E-state index in [0.29, 0.717) is 0 Å². The van der Waals surface area contributed by atoms with Gasteiger partial charge in [-0.1, -0.05) is 36.8 Å². The monoisotopic (exact) mass is 186 g/mol. The standard InChI is InChI=1S/C14H18/c1-3-4-5-6-7-8-14-11-9-13(2)10-12-14/h9-12H,3-4,7-8H2,1-2H3. The van der Waals surface area contributed by atoms with Crippen LogP contribution in [0.4, 0.5) is 0 Å². The minimum absolute atomic E-state index is 0.989. The fraction of sp³-hybridized carbons (Fsp3) is 0.429. The number of rotatable bonds is 3. The van der Waals surface area contributed by atoms with Gasteiger partial charge in [0.05, 0.1) is 0 Å². The third kappa shape index (κ3) is 4.14. The molecule has 0 aromatic heterocycles. The number of aryl methyl sites for hydroxylation is 2. The summed E-state index contributed by atoms with van der Waals surface area (Å²) in [5.74, 6) is 6.37. The maximum absolute atomic E-state index is 3.20. The Morgan fingerprint density at radius 1 is 1.00 bits per heavy atom. The quantitative estimate of drug-likeness (QED) is 0.631. The van der Waals surface area contributed by atoms with E-state index >= 15 is 0 Å². The van der Waals surface area contributed by atoms with Crippen LogP contribution in [-0.2, 0) is 6.42 Å². The summed E-state index contributed by atoms with van der Waals surface area (Å²) in [4.78, 5) is 0. The molecule has 0 fully saturated rings. The van der Waals surface area contributed by atoms with Crippen LogP contribution in [0, 0.1) is 18.8 Å². The summed E-state index contributed by atoms with van der Waals surface area (Å²) in [5.41, 5.74) is 2.72. The maximum Gasteiger partial charge on any atom is 0.0129 e. The van der Waals surface area contributed by atoms with E-state index in [2.05, 4.69) is 50.0 Å². The van der Waals surface area contributed by atoms with Crippen LogP contribution < -0.4 is 0 Å². The molecule has 0 amide bonds. The zero-order valence-corrected chi connectivity index (χ0v) is 9.14. The molecule has 1 aromatic rings. The molecule has 0 heteroatoms. The minimum Gasteiger partial charge on any atom is -0.103 e. The molecule has 1 rings (SSSR count). The van der Waals surface area contributed by atoms with Crippen molar-refractivity contribution in [2.24, 2.45) is 0 Å². The van der Waals surface area contributed by atoms with Gasteiger partial charge in [0.2, 0.25) is 0 Å². The van der Waals surface area contributed by atoms with Crippen molar-refractivity contribution in [3.05, 3.63) is 35.4 Å². The van der Waals surface area contributed by atoms with Gasteiger partial charge in [-0.15, -0.1) is 11.8 Å². The van der Waals surface area contributed by atoms with Gasteiger partial charge in [0.1, 0.15) is 0 Å². The summed E-state index contributed by atoms with van der Waals surface area (Å²) in [6.07, 6.45) is 4.27. The SMILES string of the molecule is CCCC#CCCc1ccc(C)cc1. The van der Waals surface area contributed by atoms with Gasteiger partial charge in [0.15, 0.2) is 0 Å². The molecule has 0 aliphatic carbocycles. The fourth-order valence-corrected chi connectivity index (χ4v) is 1.26. The van der Waals surface area contributed by atoms with E-state index in [1.807, 2.05) is 0 Å². The Morgan fingerprint density at radius 3 is 2.29 bits per heavy atom. The predicted molar refractivity (Wildman–Crippen MR) is 62.2 cm³/mol. The molecule has 0 saturated heterocycles. The summed E-state index contributed by atoms with van der Waals surface area (Å²) in [6.45, 7) is 4.28. The number of benzene rings is 1. The van der Waals surface area contributed by atoms with E-state index in [-0.39, 0.29) is 0 Å². The second kappa shape index (κ2) is 6.27. The highest BCUT2D eigenvalue weighted by atomic mass is 13.9. The summed E-state index contributed by atoms with van der Waals surface area (Å²) in [6, 6.07) is 8.71. The number of unbranched alkanes of at least 4 members (excludes halogenated alkanes) is 1. The molecule has 0 N–H and O–H groups in total. The molecule has 0 spiro atoms. The minimum atomic E-state index is 0.989. The zero-order valence-electron chi connectivity index (χ0n) is 9.14. The molecule has 0 nitrogen and oxygen atoms in total. The molecule has 14 heavy (non-hydrogen) atoms. The van der Waals surface area contributed by atoms with Gasteiger partial charge in [0, 0.05) is 12.8 Å². The smallest absolute Gasteiger partial charge is 0.0129 e. The molecule has 0 bridgehead atoms. The lowest BCUT2D eigenvalue weighted by molar-refractivity contribution is 0.973. The van der Waals surface area contributed by atoms with E-state index in [4.69, 9.17) is 0 Å². The van der Waals surface area contributed by atoms with Gasteiger partial charge in [-0.25, -0.2) is 0 Å². The first kappa shape index (κ1) is 10.9. The lowest BCUT2D eigenvalue weighted by atomic mass is 10.1. The van der Waals surface area contributed by atoms with Crippen molar-refractivity contribution in [2.75, 3.05) is 0 Å². The highest BCUT2D eigenvalue weighted by Crippen LogP contribution is 2.05. The molecule has 1 aromatic carbocycles. The molecule has 0 aliphatic heterocycles. The van der Waals surface area contributed by atoms with Crippen LogP contribution >= 0.6 is 0 Å². The summed E-state index contributed by atoms with van der Waals surface area (Å²) in [5, 5.41) is 0. The van der Waals surface area contributed by atoms with E-state index in [0.717, 1.165) is 25.7 Å². The second-order valence-corrected chi connectivity index (χ2v) is 3.59. The third-order valence-electron chi connectivity index (χ3n) is 2.16. The Morgan fingerprint density at radius 2 is 1.64 bits per heavy atom. The molecular weight excluding hydrogens is 168 g/mol. The van der Waals surface area contributed by atoms with E-state index in [9.17, 15) is 0 Å². The van der Waals surface area contributed by atoms with Crippen molar-refractivity contribution in [1.82, 2.24) is 0 Å². The van der Waals surface area contributed by atoms with Crippen LogP contribution in [-0.4, -0.2) is 0 Å². The van der Waals surface area contributed by atoms with Gasteiger partial charge < -0.3 is 0 Å². The predicted octanol–water partition coefficient (Wildman–Crippen LogP) is 3.73.